The third kappa shape index (κ3) is 6.32. The van der Waals surface area contributed by atoms with Crippen LogP contribution >= 0.6 is 11.8 Å². The largest absolute Gasteiger partial charge is 0.312 e. The second-order valence-corrected chi connectivity index (χ2v) is 6.79. The summed E-state index contributed by atoms with van der Waals surface area (Å²) in [5, 5.41) is 3.47. The van der Waals surface area contributed by atoms with E-state index in [0.29, 0.717) is 5.92 Å². The first-order valence-electron chi connectivity index (χ1n) is 7.55. The molecule has 1 N–H and O–H groups in total. The lowest BCUT2D eigenvalue weighted by molar-refractivity contribution is 0.552. The molecule has 112 valence electrons. The number of aryl methyl sites for hydroxylation is 1. The Morgan fingerprint density at radius 2 is 1.71 bits per heavy atom. The monoisotopic (exact) mass is 300 g/mol. The van der Waals surface area contributed by atoms with Crippen LogP contribution in [0.2, 0.25) is 0 Å². The molecule has 0 bridgehead atoms. The van der Waals surface area contributed by atoms with Crippen molar-refractivity contribution in [1.82, 2.24) is 10.3 Å². The summed E-state index contributed by atoms with van der Waals surface area (Å²) >= 11 is 1.91. The highest BCUT2D eigenvalue weighted by Crippen LogP contribution is 2.19. The fourth-order valence-electron chi connectivity index (χ4n) is 2.04. The topological polar surface area (TPSA) is 24.9 Å². The second-order valence-electron chi connectivity index (χ2n) is 5.62. The molecule has 3 heteroatoms. The molecule has 0 unspecified atom stereocenters. The predicted octanol–water partition coefficient (Wildman–Crippen LogP) is 4.16. The van der Waals surface area contributed by atoms with E-state index < -0.39 is 0 Å². The minimum absolute atomic E-state index is 0.702. The van der Waals surface area contributed by atoms with Crippen LogP contribution in [0, 0.1) is 5.92 Å². The number of hydrogen-bond acceptors (Lipinski definition) is 3. The van der Waals surface area contributed by atoms with Crippen molar-refractivity contribution in [2.24, 2.45) is 5.92 Å². The summed E-state index contributed by atoms with van der Waals surface area (Å²) in [5.74, 6) is 1.81. The van der Waals surface area contributed by atoms with Crippen molar-refractivity contribution < 1.29 is 0 Å². The molecule has 0 fully saturated rings. The molecule has 0 aliphatic heterocycles. The average Bonchev–Trinajstić information content (AvgIpc) is 2.50. The highest BCUT2D eigenvalue weighted by atomic mass is 32.2. The van der Waals surface area contributed by atoms with Gasteiger partial charge in [0.05, 0.1) is 0 Å². The van der Waals surface area contributed by atoms with Crippen LogP contribution in [0.5, 0.6) is 0 Å². The second kappa shape index (κ2) is 8.85. The molecule has 0 spiro atoms. The van der Waals surface area contributed by atoms with E-state index in [2.05, 4.69) is 60.5 Å². The van der Waals surface area contributed by atoms with Crippen LogP contribution < -0.4 is 5.32 Å². The van der Waals surface area contributed by atoms with Gasteiger partial charge >= 0.3 is 0 Å². The molecule has 0 aliphatic carbocycles. The number of pyridine rings is 1. The first kappa shape index (κ1) is 16.1. The van der Waals surface area contributed by atoms with Crippen LogP contribution in [0.4, 0.5) is 0 Å². The molecule has 1 aromatic heterocycles. The van der Waals surface area contributed by atoms with Gasteiger partial charge in [0.15, 0.2) is 0 Å². The van der Waals surface area contributed by atoms with Crippen molar-refractivity contribution in [1.29, 1.82) is 0 Å². The predicted molar refractivity (Wildman–Crippen MR) is 91.7 cm³/mol. The summed E-state index contributed by atoms with van der Waals surface area (Å²) in [6.45, 7) is 6.49. The first-order valence-corrected chi connectivity index (χ1v) is 8.54. The molecule has 0 saturated carbocycles. The summed E-state index contributed by atoms with van der Waals surface area (Å²) in [6, 6.07) is 13.1. The van der Waals surface area contributed by atoms with Crippen molar-refractivity contribution >= 4 is 11.8 Å². The number of benzene rings is 1. The van der Waals surface area contributed by atoms with E-state index in [9.17, 15) is 0 Å². The number of rotatable bonds is 8. The lowest BCUT2D eigenvalue weighted by Gasteiger charge is -2.08. The minimum Gasteiger partial charge on any atom is -0.312 e. The molecule has 2 rings (SSSR count). The molecule has 0 aliphatic rings. The van der Waals surface area contributed by atoms with Crippen LogP contribution in [0.25, 0.3) is 0 Å². The SMILES string of the molecule is CC(C)CNCc1ccc(SCCc2ccncc2)cc1. The van der Waals surface area contributed by atoms with Crippen LogP contribution in [0.1, 0.15) is 25.0 Å². The normalized spacial score (nSPS) is 11.0. The summed E-state index contributed by atoms with van der Waals surface area (Å²) < 4.78 is 0. The number of hydrogen-bond donors (Lipinski definition) is 1. The van der Waals surface area contributed by atoms with E-state index in [1.165, 1.54) is 16.0 Å². The number of thioether (sulfide) groups is 1. The van der Waals surface area contributed by atoms with Gasteiger partial charge in [0, 0.05) is 29.6 Å². The fraction of sp³-hybridized carbons (Fsp3) is 0.389. The van der Waals surface area contributed by atoms with Gasteiger partial charge < -0.3 is 5.32 Å². The Morgan fingerprint density at radius 3 is 2.38 bits per heavy atom. The summed E-state index contributed by atoms with van der Waals surface area (Å²) in [4.78, 5) is 5.39. The van der Waals surface area contributed by atoms with Crippen LogP contribution in [-0.2, 0) is 13.0 Å². The highest BCUT2D eigenvalue weighted by molar-refractivity contribution is 7.99. The molecule has 1 aromatic carbocycles. The van der Waals surface area contributed by atoms with Gasteiger partial charge in [-0.15, -0.1) is 11.8 Å². The van der Waals surface area contributed by atoms with Gasteiger partial charge in [-0.1, -0.05) is 26.0 Å². The van der Waals surface area contributed by atoms with Crippen molar-refractivity contribution in [2.75, 3.05) is 12.3 Å². The number of nitrogens with one attached hydrogen (secondary N) is 1. The quantitative estimate of drug-likeness (QED) is 0.741. The zero-order valence-electron chi connectivity index (χ0n) is 12.9. The third-order valence-electron chi connectivity index (χ3n) is 3.21. The zero-order chi connectivity index (χ0) is 14.9. The van der Waals surface area contributed by atoms with E-state index in [-0.39, 0.29) is 0 Å². The van der Waals surface area contributed by atoms with Crippen LogP contribution in [0.15, 0.2) is 53.7 Å². The zero-order valence-corrected chi connectivity index (χ0v) is 13.7. The molecular weight excluding hydrogens is 276 g/mol. The minimum atomic E-state index is 0.702. The smallest absolute Gasteiger partial charge is 0.0270 e. The highest BCUT2D eigenvalue weighted by Gasteiger charge is 1.98. The first-order chi connectivity index (χ1) is 10.2. The maximum Gasteiger partial charge on any atom is 0.0270 e. The Kier molecular flexibility index (Phi) is 6.77. The van der Waals surface area contributed by atoms with Gasteiger partial charge in [-0.25, -0.2) is 0 Å². The summed E-state index contributed by atoms with van der Waals surface area (Å²) in [7, 11) is 0. The Morgan fingerprint density at radius 1 is 1.00 bits per heavy atom. The Balaban J connectivity index is 1.72. The number of aromatic nitrogens is 1. The van der Waals surface area contributed by atoms with Crippen molar-refractivity contribution in [3.05, 3.63) is 59.9 Å². The third-order valence-corrected chi connectivity index (χ3v) is 4.23. The van der Waals surface area contributed by atoms with Gasteiger partial charge in [-0.2, -0.15) is 0 Å². The van der Waals surface area contributed by atoms with Crippen LogP contribution in [-0.4, -0.2) is 17.3 Å². The van der Waals surface area contributed by atoms with Crippen molar-refractivity contribution in [2.45, 2.75) is 31.7 Å². The van der Waals surface area contributed by atoms with E-state index in [1.54, 1.807) is 0 Å². The fourth-order valence-corrected chi connectivity index (χ4v) is 2.95. The molecular formula is C18H24N2S. The lowest BCUT2D eigenvalue weighted by Crippen LogP contribution is -2.18. The van der Waals surface area contributed by atoms with Gasteiger partial charge in [-0.3, -0.25) is 4.98 Å². The standard InChI is InChI=1S/C18H24N2S/c1-15(2)13-20-14-17-3-5-18(6-4-17)21-12-9-16-7-10-19-11-8-16/h3-8,10-11,15,20H,9,12-14H2,1-2H3. The molecule has 0 amide bonds. The number of nitrogens with zero attached hydrogens (tertiary/aromatic N) is 1. The molecule has 1 heterocycles. The van der Waals surface area contributed by atoms with Gasteiger partial charge in [0.1, 0.15) is 0 Å². The molecule has 0 saturated heterocycles. The average molecular weight is 300 g/mol. The Labute approximate surface area is 132 Å². The summed E-state index contributed by atoms with van der Waals surface area (Å²) in [5.41, 5.74) is 2.71. The van der Waals surface area contributed by atoms with Crippen molar-refractivity contribution in [3.8, 4) is 0 Å². The molecule has 2 nitrogen and oxygen atoms in total. The van der Waals surface area contributed by atoms with Gasteiger partial charge in [0.2, 0.25) is 0 Å². The molecule has 0 radical (unpaired) electrons. The Hall–Kier alpha value is -1.32. The lowest BCUT2D eigenvalue weighted by atomic mass is 10.2. The van der Waals surface area contributed by atoms with Crippen molar-refractivity contribution in [3.63, 3.8) is 0 Å². The van der Waals surface area contributed by atoms with E-state index >= 15 is 0 Å². The molecule has 21 heavy (non-hydrogen) atoms. The molecule has 2 aromatic rings. The summed E-state index contributed by atoms with van der Waals surface area (Å²) in [6.07, 6.45) is 4.81. The Bertz CT molecular complexity index is 509. The maximum absolute atomic E-state index is 4.04. The molecule has 0 atom stereocenters. The van der Waals surface area contributed by atoms with Crippen LogP contribution in [0.3, 0.4) is 0 Å². The van der Waals surface area contributed by atoms with E-state index in [1.807, 2.05) is 24.2 Å². The van der Waals surface area contributed by atoms with E-state index in [0.717, 1.165) is 25.3 Å². The maximum atomic E-state index is 4.04. The van der Waals surface area contributed by atoms with E-state index in [4.69, 9.17) is 0 Å². The van der Waals surface area contributed by atoms with Gasteiger partial charge in [-0.05, 0) is 54.3 Å². The van der Waals surface area contributed by atoms with Gasteiger partial charge in [0.25, 0.3) is 0 Å².